The van der Waals surface area contributed by atoms with Crippen molar-refractivity contribution in [2.24, 2.45) is 5.92 Å². The number of aromatic amines is 1. The number of nitrogens with one attached hydrogen (secondary N) is 3. The van der Waals surface area contributed by atoms with E-state index in [9.17, 15) is 9.59 Å². The lowest BCUT2D eigenvalue weighted by Crippen LogP contribution is -2.61. The molecule has 34 heavy (non-hydrogen) atoms. The van der Waals surface area contributed by atoms with E-state index in [1.165, 1.54) is 15.8 Å². The number of benzene rings is 1. The van der Waals surface area contributed by atoms with E-state index in [-0.39, 0.29) is 18.0 Å². The van der Waals surface area contributed by atoms with Gasteiger partial charge < -0.3 is 15.7 Å². The molecule has 1 saturated heterocycles. The summed E-state index contributed by atoms with van der Waals surface area (Å²) >= 11 is 0. The van der Waals surface area contributed by atoms with E-state index < -0.39 is 11.3 Å². The fourth-order valence-corrected chi connectivity index (χ4v) is 6.20. The van der Waals surface area contributed by atoms with E-state index in [1.54, 1.807) is 6.21 Å². The molecule has 0 spiro atoms. The summed E-state index contributed by atoms with van der Waals surface area (Å²) in [4.78, 5) is 33.4. The molecule has 1 aromatic heterocycles. The average molecular weight is 464 g/mol. The van der Waals surface area contributed by atoms with Crippen LogP contribution in [-0.2, 0) is 16.6 Å². The topological polar surface area (TPSA) is 92.3 Å². The first kappa shape index (κ1) is 24.2. The fraction of sp³-hybridized carbons (Fsp3) is 0.519. The fourth-order valence-electron chi connectivity index (χ4n) is 6.20. The number of nitrogens with zero attached hydrogens (tertiary/aromatic N) is 2. The Hall–Kier alpha value is -2.93. The predicted octanol–water partition coefficient (Wildman–Crippen LogP) is 4.24. The Bertz CT molecular complexity index is 1080. The largest absolute Gasteiger partial charge is 0.361 e. The molecule has 0 bridgehead atoms. The Morgan fingerprint density at radius 1 is 1.35 bits per heavy atom. The van der Waals surface area contributed by atoms with Crippen LogP contribution in [0.2, 0.25) is 0 Å². The minimum absolute atomic E-state index is 0.0954. The second-order valence-corrected chi connectivity index (χ2v) is 9.55. The van der Waals surface area contributed by atoms with Crippen LogP contribution in [-0.4, -0.2) is 65.2 Å². The molecule has 3 amide bonds. The monoisotopic (exact) mass is 463 g/mol. The summed E-state index contributed by atoms with van der Waals surface area (Å²) in [5.41, 5.74) is 2.86. The second kappa shape index (κ2) is 10.1. The van der Waals surface area contributed by atoms with Crippen molar-refractivity contribution in [3.63, 3.8) is 0 Å². The molecule has 1 aromatic carbocycles. The summed E-state index contributed by atoms with van der Waals surface area (Å²) in [5, 5.41) is 12.7. The molecule has 7 heteroatoms. The SMILES string of the molecule is C=CCN1C[C@H](C(=O)N(CC)C(=O)NCC)CC2(C=N)c3cccc4[nH]cc(c34)CCCC[C@H]12. The van der Waals surface area contributed by atoms with Gasteiger partial charge in [0.15, 0.2) is 0 Å². The van der Waals surface area contributed by atoms with Crippen LogP contribution >= 0.6 is 0 Å². The van der Waals surface area contributed by atoms with Gasteiger partial charge in [-0.1, -0.05) is 24.6 Å². The van der Waals surface area contributed by atoms with Crippen LogP contribution in [0.15, 0.2) is 37.1 Å². The highest BCUT2D eigenvalue weighted by Gasteiger charge is 2.50. The van der Waals surface area contributed by atoms with E-state index in [0.717, 1.165) is 36.8 Å². The molecule has 2 heterocycles. The Morgan fingerprint density at radius 2 is 2.18 bits per heavy atom. The molecule has 2 aromatic rings. The van der Waals surface area contributed by atoms with E-state index in [1.807, 2.05) is 19.9 Å². The Kier molecular flexibility index (Phi) is 7.22. The summed E-state index contributed by atoms with van der Waals surface area (Å²) in [5.74, 6) is -0.553. The first-order valence-electron chi connectivity index (χ1n) is 12.6. The number of hydrogen-bond donors (Lipinski definition) is 3. The molecule has 3 N–H and O–H groups in total. The van der Waals surface area contributed by atoms with Crippen molar-refractivity contribution in [3.8, 4) is 0 Å². The number of rotatable bonds is 6. The molecule has 2 aliphatic rings. The Balaban J connectivity index is 1.85. The molecule has 1 aliphatic carbocycles. The van der Waals surface area contributed by atoms with Gasteiger partial charge in [0.2, 0.25) is 5.91 Å². The van der Waals surface area contributed by atoms with Crippen molar-refractivity contribution in [1.29, 1.82) is 5.41 Å². The van der Waals surface area contributed by atoms with E-state index in [2.05, 4.69) is 46.2 Å². The number of likely N-dealkylation sites (tertiary alicyclic amines) is 1. The number of piperidine rings is 1. The molecule has 3 atom stereocenters. The number of urea groups is 1. The summed E-state index contributed by atoms with van der Waals surface area (Å²) < 4.78 is 0. The van der Waals surface area contributed by atoms with Gasteiger partial charge in [0.1, 0.15) is 0 Å². The number of amides is 3. The number of fused-ring (bicyclic) bond motifs is 2. The quantitative estimate of drug-likeness (QED) is 0.442. The summed E-state index contributed by atoms with van der Waals surface area (Å²) in [7, 11) is 0. The van der Waals surface area contributed by atoms with Crippen LogP contribution in [0.25, 0.3) is 10.9 Å². The lowest BCUT2D eigenvalue weighted by Gasteiger charge is -2.51. The van der Waals surface area contributed by atoms with Crippen LogP contribution in [0.1, 0.15) is 50.7 Å². The van der Waals surface area contributed by atoms with E-state index in [0.29, 0.717) is 32.6 Å². The Morgan fingerprint density at radius 3 is 2.88 bits per heavy atom. The van der Waals surface area contributed by atoms with Crippen molar-refractivity contribution in [2.45, 2.75) is 57.4 Å². The van der Waals surface area contributed by atoms with Gasteiger partial charge in [-0.15, -0.1) is 6.58 Å². The molecule has 0 saturated carbocycles. The highest BCUT2D eigenvalue weighted by Crippen LogP contribution is 2.46. The second-order valence-electron chi connectivity index (χ2n) is 9.55. The highest BCUT2D eigenvalue weighted by atomic mass is 16.2. The predicted molar refractivity (Wildman–Crippen MR) is 136 cm³/mol. The first-order chi connectivity index (χ1) is 16.5. The molecule has 0 radical (unpaired) electrons. The van der Waals surface area contributed by atoms with Crippen molar-refractivity contribution < 1.29 is 9.59 Å². The summed E-state index contributed by atoms with van der Waals surface area (Å²) in [6, 6.07) is 6.03. The van der Waals surface area contributed by atoms with Crippen LogP contribution in [0.5, 0.6) is 0 Å². The van der Waals surface area contributed by atoms with E-state index >= 15 is 0 Å². The van der Waals surface area contributed by atoms with Gasteiger partial charge in [-0.3, -0.25) is 14.6 Å². The summed E-state index contributed by atoms with van der Waals surface area (Å²) in [6.07, 6.45) is 10.2. The van der Waals surface area contributed by atoms with Crippen LogP contribution < -0.4 is 5.32 Å². The molecule has 4 rings (SSSR count). The Labute approximate surface area is 202 Å². The van der Waals surface area contributed by atoms with Gasteiger partial charge in [-0.05, 0) is 56.7 Å². The molecular formula is C27H37N5O2. The van der Waals surface area contributed by atoms with Crippen LogP contribution in [0.4, 0.5) is 4.79 Å². The first-order valence-corrected chi connectivity index (χ1v) is 12.6. The van der Waals surface area contributed by atoms with Crippen molar-refractivity contribution >= 4 is 29.1 Å². The van der Waals surface area contributed by atoms with Gasteiger partial charge in [0.05, 0.1) is 5.92 Å². The molecule has 1 aliphatic heterocycles. The molecule has 7 nitrogen and oxygen atoms in total. The lowest BCUT2D eigenvalue weighted by molar-refractivity contribution is -0.135. The third kappa shape index (κ3) is 4.06. The molecule has 182 valence electrons. The third-order valence-corrected chi connectivity index (χ3v) is 7.66. The maximum atomic E-state index is 13.7. The highest BCUT2D eigenvalue weighted by molar-refractivity contribution is 5.97. The van der Waals surface area contributed by atoms with Gasteiger partial charge >= 0.3 is 6.03 Å². The molecule has 1 unspecified atom stereocenters. The smallest absolute Gasteiger partial charge is 0.324 e. The van der Waals surface area contributed by atoms with E-state index in [4.69, 9.17) is 5.41 Å². The van der Waals surface area contributed by atoms with Gasteiger partial charge in [0, 0.05) is 61.0 Å². The number of imide groups is 1. The number of aryl methyl sites for hydroxylation is 1. The minimum atomic E-state index is -0.622. The van der Waals surface area contributed by atoms with Gasteiger partial charge in [-0.2, -0.15) is 0 Å². The number of H-pyrrole nitrogens is 1. The number of hydrogen-bond acceptors (Lipinski definition) is 4. The number of aromatic nitrogens is 1. The zero-order valence-corrected chi connectivity index (χ0v) is 20.4. The van der Waals surface area contributed by atoms with Crippen molar-refractivity contribution in [1.82, 2.24) is 20.1 Å². The zero-order chi connectivity index (χ0) is 24.3. The van der Waals surface area contributed by atoms with Crippen molar-refractivity contribution in [3.05, 3.63) is 48.2 Å². The molecular weight excluding hydrogens is 426 g/mol. The maximum absolute atomic E-state index is 13.7. The zero-order valence-electron chi connectivity index (χ0n) is 20.4. The standard InChI is InChI=1S/C27H37N5O2/c1-4-14-31-17-20(25(33)32(6-3)26(34)29-5-2)15-27(18-28)21-11-9-12-22-24(21)19(16-30-22)10-7-8-13-23(27)31/h4,9,11-12,16,18,20,23,28,30H,1,5-8,10,13-15,17H2,2-3H3,(H,29,34)/t20-,23+,27?/m1/s1. The lowest BCUT2D eigenvalue weighted by atomic mass is 9.64. The van der Waals surface area contributed by atoms with Gasteiger partial charge in [0.25, 0.3) is 0 Å². The molecule has 1 fully saturated rings. The number of carbonyl (C=O) groups excluding carboxylic acids is 2. The third-order valence-electron chi connectivity index (χ3n) is 7.66. The summed E-state index contributed by atoms with van der Waals surface area (Å²) in [6.45, 7) is 9.67. The average Bonchev–Trinajstić information content (AvgIpc) is 3.27. The van der Waals surface area contributed by atoms with Crippen LogP contribution in [0.3, 0.4) is 0 Å². The van der Waals surface area contributed by atoms with Crippen molar-refractivity contribution in [2.75, 3.05) is 26.2 Å². The maximum Gasteiger partial charge on any atom is 0.324 e. The van der Waals surface area contributed by atoms with Crippen LogP contribution in [0, 0.1) is 11.3 Å². The normalized spacial score (nSPS) is 24.9. The minimum Gasteiger partial charge on any atom is -0.361 e. The number of carbonyl (C=O) groups is 2. The van der Waals surface area contributed by atoms with Gasteiger partial charge in [-0.25, -0.2) is 4.79 Å².